The van der Waals surface area contributed by atoms with Gasteiger partial charge in [0.2, 0.25) is 0 Å². The first-order chi connectivity index (χ1) is 11.0. The van der Waals surface area contributed by atoms with Crippen molar-refractivity contribution in [3.8, 4) is 5.75 Å². The number of hydrogen-bond donors (Lipinski definition) is 1. The highest BCUT2D eigenvalue weighted by Crippen LogP contribution is 2.15. The first-order valence-corrected chi connectivity index (χ1v) is 7.31. The summed E-state index contributed by atoms with van der Waals surface area (Å²) in [7, 11) is 0. The molecule has 0 aliphatic heterocycles. The van der Waals surface area contributed by atoms with Gasteiger partial charge in [0.25, 0.3) is 5.91 Å². The van der Waals surface area contributed by atoms with Crippen LogP contribution in [0.1, 0.15) is 29.3 Å². The molecule has 2 rings (SSSR count). The van der Waals surface area contributed by atoms with Crippen LogP contribution >= 0.6 is 0 Å². The zero-order chi connectivity index (χ0) is 16.8. The molecule has 0 spiro atoms. The molecule has 0 aliphatic rings. The Balaban J connectivity index is 1.88. The van der Waals surface area contributed by atoms with Gasteiger partial charge in [-0.3, -0.25) is 9.59 Å². The van der Waals surface area contributed by atoms with Gasteiger partial charge in [-0.15, -0.1) is 0 Å². The van der Waals surface area contributed by atoms with Crippen LogP contribution < -0.4 is 10.1 Å². The van der Waals surface area contributed by atoms with Gasteiger partial charge in [0.1, 0.15) is 11.6 Å². The van der Waals surface area contributed by atoms with Crippen molar-refractivity contribution in [2.75, 3.05) is 11.9 Å². The zero-order valence-corrected chi connectivity index (χ0v) is 13.1. The number of ether oxygens (including phenoxy) is 1. The van der Waals surface area contributed by atoms with Gasteiger partial charge in [0.15, 0.2) is 12.4 Å². The highest BCUT2D eigenvalue weighted by Gasteiger charge is 2.07. The Hall–Kier alpha value is -2.69. The van der Waals surface area contributed by atoms with Crippen LogP contribution in [0.15, 0.2) is 42.5 Å². The number of nitrogens with one attached hydrogen (secondary N) is 1. The number of Topliss-reactive ketones (excluding diaryl/α,β-unsaturated/α-hetero) is 1. The largest absolute Gasteiger partial charge is 0.484 e. The highest BCUT2D eigenvalue weighted by atomic mass is 19.1. The average Bonchev–Trinajstić information content (AvgIpc) is 2.56. The monoisotopic (exact) mass is 315 g/mol. The van der Waals surface area contributed by atoms with E-state index in [1.807, 2.05) is 0 Å². The number of hydrogen-bond acceptors (Lipinski definition) is 3. The second-order valence-electron chi connectivity index (χ2n) is 5.10. The Labute approximate surface area is 134 Å². The lowest BCUT2D eigenvalue weighted by Gasteiger charge is -2.08. The molecule has 0 fully saturated rings. The van der Waals surface area contributed by atoms with Crippen LogP contribution in [0.2, 0.25) is 0 Å². The lowest BCUT2D eigenvalue weighted by atomic mass is 10.1. The Morgan fingerprint density at radius 3 is 2.43 bits per heavy atom. The number of aryl methyl sites for hydroxylation is 1. The molecule has 2 aromatic carbocycles. The minimum Gasteiger partial charge on any atom is -0.484 e. The van der Waals surface area contributed by atoms with E-state index in [1.54, 1.807) is 50.2 Å². The first kappa shape index (κ1) is 16.7. The third-order valence-electron chi connectivity index (χ3n) is 3.32. The molecule has 23 heavy (non-hydrogen) atoms. The molecule has 120 valence electrons. The molecule has 2 aromatic rings. The van der Waals surface area contributed by atoms with Crippen molar-refractivity contribution in [3.05, 3.63) is 59.4 Å². The molecule has 0 unspecified atom stereocenters. The molecule has 0 aliphatic carbocycles. The summed E-state index contributed by atoms with van der Waals surface area (Å²) in [6, 6.07) is 11.1. The van der Waals surface area contributed by atoms with E-state index in [4.69, 9.17) is 4.74 Å². The zero-order valence-electron chi connectivity index (χ0n) is 13.1. The fourth-order valence-corrected chi connectivity index (χ4v) is 1.96. The van der Waals surface area contributed by atoms with Crippen LogP contribution in [-0.4, -0.2) is 18.3 Å². The molecule has 0 atom stereocenters. The van der Waals surface area contributed by atoms with E-state index in [-0.39, 0.29) is 24.1 Å². The summed E-state index contributed by atoms with van der Waals surface area (Å²) >= 11 is 0. The van der Waals surface area contributed by atoms with Crippen LogP contribution in [0.5, 0.6) is 5.75 Å². The van der Waals surface area contributed by atoms with E-state index in [2.05, 4.69) is 5.32 Å². The number of amides is 1. The van der Waals surface area contributed by atoms with Gasteiger partial charge in [-0.05, 0) is 48.9 Å². The molecule has 4 nitrogen and oxygen atoms in total. The number of rotatable bonds is 6. The molecule has 0 saturated carbocycles. The van der Waals surface area contributed by atoms with Crippen molar-refractivity contribution >= 4 is 17.4 Å². The Morgan fingerprint density at radius 2 is 1.83 bits per heavy atom. The second-order valence-corrected chi connectivity index (χ2v) is 5.10. The van der Waals surface area contributed by atoms with Gasteiger partial charge in [-0.25, -0.2) is 4.39 Å². The molecular weight excluding hydrogens is 297 g/mol. The predicted molar refractivity (Wildman–Crippen MR) is 86.3 cm³/mol. The first-order valence-electron chi connectivity index (χ1n) is 7.31. The molecule has 1 amide bonds. The molecule has 5 heteroatoms. The Morgan fingerprint density at radius 1 is 1.13 bits per heavy atom. The maximum Gasteiger partial charge on any atom is 0.262 e. The lowest BCUT2D eigenvalue weighted by Crippen LogP contribution is -2.20. The van der Waals surface area contributed by atoms with E-state index < -0.39 is 0 Å². The van der Waals surface area contributed by atoms with E-state index in [9.17, 15) is 14.0 Å². The summed E-state index contributed by atoms with van der Waals surface area (Å²) in [6.07, 6.45) is 0.440. The van der Waals surface area contributed by atoms with Crippen molar-refractivity contribution in [2.24, 2.45) is 0 Å². The minimum atomic E-state index is -0.387. The molecule has 0 bridgehead atoms. The maximum atomic E-state index is 13.4. The molecule has 1 N–H and O–H groups in total. The summed E-state index contributed by atoms with van der Waals surface area (Å²) in [6.45, 7) is 3.25. The van der Waals surface area contributed by atoms with E-state index in [1.165, 1.54) is 6.07 Å². The summed E-state index contributed by atoms with van der Waals surface area (Å²) < 4.78 is 18.7. The van der Waals surface area contributed by atoms with Crippen molar-refractivity contribution < 1.29 is 18.7 Å². The fourth-order valence-electron chi connectivity index (χ4n) is 1.96. The van der Waals surface area contributed by atoms with Gasteiger partial charge in [0.05, 0.1) is 0 Å². The Bertz CT molecular complexity index is 711. The number of anilines is 1. The van der Waals surface area contributed by atoms with E-state index in [0.29, 0.717) is 29.0 Å². The molecule has 0 saturated heterocycles. The predicted octanol–water partition coefficient (Wildman–Crippen LogP) is 3.74. The normalized spacial score (nSPS) is 10.2. The van der Waals surface area contributed by atoms with E-state index >= 15 is 0 Å². The maximum absolute atomic E-state index is 13.4. The van der Waals surface area contributed by atoms with Gasteiger partial charge >= 0.3 is 0 Å². The number of carbonyl (C=O) groups excluding carboxylic acids is 2. The standard InChI is InChI=1S/C18H18FNO3/c1-3-17(21)13-5-8-15(9-6-13)23-11-18(22)20-14-7-4-12(2)16(19)10-14/h4-10H,3,11H2,1-2H3,(H,20,22). The third-order valence-corrected chi connectivity index (χ3v) is 3.32. The van der Waals surface area contributed by atoms with Crippen LogP contribution in [-0.2, 0) is 4.79 Å². The van der Waals surface area contributed by atoms with Gasteiger partial charge in [0, 0.05) is 17.7 Å². The van der Waals surface area contributed by atoms with Crippen LogP contribution in [0.25, 0.3) is 0 Å². The molecule has 0 heterocycles. The highest BCUT2D eigenvalue weighted by molar-refractivity contribution is 5.96. The number of carbonyl (C=O) groups is 2. The minimum absolute atomic E-state index is 0.0516. The van der Waals surface area contributed by atoms with Crippen molar-refractivity contribution in [1.82, 2.24) is 0 Å². The van der Waals surface area contributed by atoms with Gasteiger partial charge < -0.3 is 10.1 Å². The van der Waals surface area contributed by atoms with E-state index in [0.717, 1.165) is 0 Å². The summed E-state index contributed by atoms with van der Waals surface area (Å²) in [5.41, 5.74) is 1.51. The van der Waals surface area contributed by atoms with Crippen molar-refractivity contribution in [2.45, 2.75) is 20.3 Å². The van der Waals surface area contributed by atoms with Crippen molar-refractivity contribution in [3.63, 3.8) is 0 Å². The van der Waals surface area contributed by atoms with Crippen LogP contribution in [0.4, 0.5) is 10.1 Å². The quantitative estimate of drug-likeness (QED) is 0.826. The van der Waals surface area contributed by atoms with Gasteiger partial charge in [-0.1, -0.05) is 13.0 Å². The Kier molecular flexibility index (Phi) is 5.46. The number of ketones is 1. The number of halogens is 1. The van der Waals surface area contributed by atoms with Crippen molar-refractivity contribution in [1.29, 1.82) is 0 Å². The third kappa shape index (κ3) is 4.64. The SMILES string of the molecule is CCC(=O)c1ccc(OCC(=O)Nc2ccc(C)c(F)c2)cc1. The van der Waals surface area contributed by atoms with Gasteiger partial charge in [-0.2, -0.15) is 0 Å². The average molecular weight is 315 g/mol. The summed E-state index contributed by atoms with van der Waals surface area (Å²) in [4.78, 5) is 23.3. The summed E-state index contributed by atoms with van der Waals surface area (Å²) in [5.74, 6) is -0.222. The number of benzene rings is 2. The topological polar surface area (TPSA) is 55.4 Å². The van der Waals surface area contributed by atoms with Crippen LogP contribution in [0.3, 0.4) is 0 Å². The summed E-state index contributed by atoms with van der Waals surface area (Å²) in [5, 5.41) is 2.56. The smallest absolute Gasteiger partial charge is 0.262 e. The van der Waals surface area contributed by atoms with Crippen LogP contribution in [0, 0.1) is 12.7 Å². The molecule has 0 radical (unpaired) electrons. The molecule has 0 aromatic heterocycles. The second kappa shape index (κ2) is 7.54. The fraction of sp³-hybridized carbons (Fsp3) is 0.222. The molecular formula is C18H18FNO3. The lowest BCUT2D eigenvalue weighted by molar-refractivity contribution is -0.118.